The molecule has 0 spiro atoms. The summed E-state index contributed by atoms with van der Waals surface area (Å²) in [5.41, 5.74) is 0.644. The van der Waals surface area contributed by atoms with Crippen molar-refractivity contribution in [2.75, 3.05) is 0 Å². The zero-order chi connectivity index (χ0) is 23.5. The Morgan fingerprint density at radius 3 is 1.91 bits per heavy atom. The third-order valence-corrected chi connectivity index (χ3v) is 4.08. The molecule has 0 atom stereocenters. The lowest BCUT2D eigenvalue weighted by molar-refractivity contribution is -0.275. The summed E-state index contributed by atoms with van der Waals surface area (Å²) >= 11 is 0. The van der Waals surface area contributed by atoms with Crippen LogP contribution in [0.25, 0.3) is 22.4 Å². The molecular weight excluding hydrogens is 444 g/mol. The van der Waals surface area contributed by atoms with E-state index in [1.54, 1.807) is 0 Å². The maximum absolute atomic E-state index is 12.6. The highest BCUT2D eigenvalue weighted by Gasteiger charge is 2.32. The second-order valence-corrected chi connectivity index (χ2v) is 6.42. The molecule has 0 aliphatic heterocycles. The van der Waals surface area contributed by atoms with E-state index in [0.29, 0.717) is 0 Å². The molecule has 0 bridgehead atoms. The van der Waals surface area contributed by atoms with Gasteiger partial charge in [0, 0.05) is 17.3 Å². The van der Waals surface area contributed by atoms with Crippen LogP contribution in [0.5, 0.6) is 11.5 Å². The van der Waals surface area contributed by atoms with Crippen molar-refractivity contribution in [1.82, 2.24) is 4.98 Å². The minimum atomic E-state index is -4.95. The van der Waals surface area contributed by atoms with Gasteiger partial charge in [0.1, 0.15) is 11.5 Å². The number of hydrogen-bond donors (Lipinski definition) is 1. The van der Waals surface area contributed by atoms with E-state index in [1.165, 1.54) is 36.5 Å². The molecule has 11 heteroatoms. The second kappa shape index (κ2) is 8.77. The van der Waals surface area contributed by atoms with Crippen LogP contribution in [0.4, 0.5) is 26.3 Å². The Bertz CT molecular complexity index is 1130. The standard InChI is InChI=1S/C21H13F6NO4/c22-20(23,24)31-15-5-1-3-12(9-15)18-13(11-17(29)30)7-8-28-19(18)14-4-2-6-16(10-14)32-21(25,26)27/h1-10H,11H2,(H,29,30). The van der Waals surface area contributed by atoms with Crippen molar-refractivity contribution in [3.8, 4) is 33.9 Å². The summed E-state index contributed by atoms with van der Waals surface area (Å²) < 4.78 is 83.5. The minimum absolute atomic E-state index is 0.0560. The molecule has 0 saturated carbocycles. The third-order valence-electron chi connectivity index (χ3n) is 4.08. The maximum atomic E-state index is 12.6. The Hall–Kier alpha value is -3.76. The first-order valence-corrected chi connectivity index (χ1v) is 8.83. The number of carbonyl (C=O) groups is 1. The molecule has 2 aromatic carbocycles. The number of carboxylic acids is 1. The van der Waals surface area contributed by atoms with E-state index >= 15 is 0 Å². The van der Waals surface area contributed by atoms with Crippen LogP contribution < -0.4 is 9.47 Å². The second-order valence-electron chi connectivity index (χ2n) is 6.42. The zero-order valence-electron chi connectivity index (χ0n) is 15.9. The molecule has 0 aliphatic rings. The summed E-state index contributed by atoms with van der Waals surface area (Å²) in [5, 5.41) is 9.24. The van der Waals surface area contributed by atoms with Gasteiger partial charge in [-0.25, -0.2) is 0 Å². The molecule has 0 unspecified atom stereocenters. The van der Waals surface area contributed by atoms with E-state index in [1.807, 2.05) is 0 Å². The fraction of sp³-hybridized carbons (Fsp3) is 0.143. The first-order valence-electron chi connectivity index (χ1n) is 8.83. The number of alkyl halides is 6. The molecule has 168 valence electrons. The molecule has 1 heterocycles. The van der Waals surface area contributed by atoms with Crippen molar-refractivity contribution in [2.24, 2.45) is 0 Å². The number of benzene rings is 2. The molecule has 0 fully saturated rings. The fourth-order valence-corrected chi connectivity index (χ4v) is 3.04. The molecule has 3 rings (SSSR count). The van der Waals surface area contributed by atoms with E-state index in [0.717, 1.165) is 24.3 Å². The number of ether oxygens (including phenoxy) is 2. The lowest BCUT2D eigenvalue weighted by atomic mass is 9.93. The van der Waals surface area contributed by atoms with E-state index in [2.05, 4.69) is 14.5 Å². The van der Waals surface area contributed by atoms with Crippen LogP contribution >= 0.6 is 0 Å². The summed E-state index contributed by atoms with van der Waals surface area (Å²) in [4.78, 5) is 15.5. The highest BCUT2D eigenvalue weighted by atomic mass is 19.4. The first-order chi connectivity index (χ1) is 14.9. The Morgan fingerprint density at radius 2 is 1.38 bits per heavy atom. The van der Waals surface area contributed by atoms with Gasteiger partial charge in [0.05, 0.1) is 12.1 Å². The lowest BCUT2D eigenvalue weighted by Crippen LogP contribution is -2.17. The number of aliphatic carboxylic acids is 1. The van der Waals surface area contributed by atoms with Crippen molar-refractivity contribution < 1.29 is 45.7 Å². The number of pyridine rings is 1. The molecule has 1 N–H and O–H groups in total. The van der Waals surface area contributed by atoms with Crippen LogP contribution in [0, 0.1) is 0 Å². The molecule has 0 aliphatic carbocycles. The summed E-state index contributed by atoms with van der Waals surface area (Å²) in [6.45, 7) is 0. The van der Waals surface area contributed by atoms with E-state index in [-0.39, 0.29) is 27.9 Å². The number of carboxylic acid groups (broad SMARTS) is 1. The van der Waals surface area contributed by atoms with Crippen LogP contribution in [0.3, 0.4) is 0 Å². The van der Waals surface area contributed by atoms with Gasteiger partial charge in [-0.05, 0) is 41.5 Å². The highest BCUT2D eigenvalue weighted by molar-refractivity contribution is 5.86. The molecular formula is C21H13F6NO4. The van der Waals surface area contributed by atoms with Gasteiger partial charge < -0.3 is 14.6 Å². The van der Waals surface area contributed by atoms with Gasteiger partial charge in [0.25, 0.3) is 0 Å². The van der Waals surface area contributed by atoms with Crippen LogP contribution in [0.2, 0.25) is 0 Å². The Morgan fingerprint density at radius 1 is 0.844 bits per heavy atom. The highest BCUT2D eigenvalue weighted by Crippen LogP contribution is 2.37. The van der Waals surface area contributed by atoms with Crippen molar-refractivity contribution in [2.45, 2.75) is 19.1 Å². The summed E-state index contributed by atoms with van der Waals surface area (Å²) in [5.74, 6) is -2.32. The monoisotopic (exact) mass is 457 g/mol. The number of hydrogen-bond acceptors (Lipinski definition) is 4. The van der Waals surface area contributed by atoms with Crippen LogP contribution in [0.15, 0.2) is 60.8 Å². The summed E-state index contributed by atoms with van der Waals surface area (Å²) in [6, 6.07) is 10.9. The van der Waals surface area contributed by atoms with Crippen molar-refractivity contribution >= 4 is 5.97 Å². The quantitative estimate of drug-likeness (QED) is 0.471. The van der Waals surface area contributed by atoms with Gasteiger partial charge in [0.15, 0.2) is 0 Å². The number of halogens is 6. The van der Waals surface area contributed by atoms with E-state index < -0.39 is 36.6 Å². The maximum Gasteiger partial charge on any atom is 0.573 e. The van der Waals surface area contributed by atoms with Gasteiger partial charge >= 0.3 is 18.7 Å². The van der Waals surface area contributed by atoms with Crippen molar-refractivity contribution in [1.29, 1.82) is 0 Å². The number of aromatic nitrogens is 1. The largest absolute Gasteiger partial charge is 0.573 e. The van der Waals surface area contributed by atoms with Crippen LogP contribution in [0.1, 0.15) is 5.56 Å². The molecule has 3 aromatic rings. The first kappa shape index (κ1) is 22.9. The average Bonchev–Trinajstić information content (AvgIpc) is 2.65. The van der Waals surface area contributed by atoms with Gasteiger partial charge in [0.2, 0.25) is 0 Å². The molecule has 0 radical (unpaired) electrons. The van der Waals surface area contributed by atoms with E-state index in [4.69, 9.17) is 0 Å². The normalized spacial score (nSPS) is 11.8. The molecule has 1 aromatic heterocycles. The molecule has 0 saturated heterocycles. The summed E-state index contributed by atoms with van der Waals surface area (Å²) in [7, 11) is 0. The van der Waals surface area contributed by atoms with Crippen LogP contribution in [-0.4, -0.2) is 28.8 Å². The fourth-order valence-electron chi connectivity index (χ4n) is 3.04. The van der Waals surface area contributed by atoms with Crippen LogP contribution in [-0.2, 0) is 11.2 Å². The smallest absolute Gasteiger partial charge is 0.481 e. The SMILES string of the molecule is O=C(O)Cc1ccnc(-c2cccc(OC(F)(F)F)c2)c1-c1cccc(OC(F)(F)F)c1. The Balaban J connectivity index is 2.17. The Labute approximate surface area is 176 Å². The van der Waals surface area contributed by atoms with E-state index in [9.17, 15) is 36.2 Å². The van der Waals surface area contributed by atoms with Gasteiger partial charge in [-0.15, -0.1) is 26.3 Å². The molecule has 5 nitrogen and oxygen atoms in total. The third kappa shape index (κ3) is 6.13. The lowest BCUT2D eigenvalue weighted by Gasteiger charge is -2.16. The minimum Gasteiger partial charge on any atom is -0.481 e. The molecule has 0 amide bonds. The predicted octanol–water partition coefficient (Wildman–Crippen LogP) is 5.84. The average molecular weight is 457 g/mol. The zero-order valence-corrected chi connectivity index (χ0v) is 15.9. The molecule has 32 heavy (non-hydrogen) atoms. The predicted molar refractivity (Wildman–Crippen MR) is 99.8 cm³/mol. The van der Waals surface area contributed by atoms with Gasteiger partial charge in [-0.3, -0.25) is 9.78 Å². The van der Waals surface area contributed by atoms with Crippen molar-refractivity contribution in [3.05, 3.63) is 66.4 Å². The summed E-state index contributed by atoms with van der Waals surface area (Å²) in [6.07, 6.45) is -9.15. The van der Waals surface area contributed by atoms with Gasteiger partial charge in [-0.1, -0.05) is 24.3 Å². The number of nitrogens with zero attached hydrogens (tertiary/aromatic N) is 1. The Kier molecular flexibility index (Phi) is 6.28. The topological polar surface area (TPSA) is 68.7 Å². The number of rotatable bonds is 6. The van der Waals surface area contributed by atoms with Gasteiger partial charge in [-0.2, -0.15) is 0 Å². The van der Waals surface area contributed by atoms with Crippen molar-refractivity contribution in [3.63, 3.8) is 0 Å².